The number of aromatic nitrogens is 1. The standard InChI is InChI=1S/C12H10BrNO3S/c13-7-4-5-17-10(7)11-14-9-6(12(15)16)2-1-3-8(9)18-11/h4-6H,1-3H2,(H,15,16). The van der Waals surface area contributed by atoms with Crippen LogP contribution in [0, 0.1) is 0 Å². The molecule has 4 nitrogen and oxygen atoms in total. The lowest BCUT2D eigenvalue weighted by atomic mass is 9.91. The van der Waals surface area contributed by atoms with Gasteiger partial charge in [0.1, 0.15) is 5.92 Å². The molecule has 2 aromatic heterocycles. The molecule has 2 aromatic rings. The third-order valence-corrected chi connectivity index (χ3v) is 4.82. The summed E-state index contributed by atoms with van der Waals surface area (Å²) in [4.78, 5) is 16.8. The van der Waals surface area contributed by atoms with Crippen molar-refractivity contribution in [1.29, 1.82) is 0 Å². The monoisotopic (exact) mass is 327 g/mol. The van der Waals surface area contributed by atoms with E-state index in [2.05, 4.69) is 20.9 Å². The zero-order chi connectivity index (χ0) is 12.7. The Morgan fingerprint density at radius 2 is 2.44 bits per heavy atom. The molecular formula is C12H10BrNO3S. The summed E-state index contributed by atoms with van der Waals surface area (Å²) >= 11 is 4.93. The highest BCUT2D eigenvalue weighted by Crippen LogP contribution is 2.40. The Labute approximate surface area is 116 Å². The maximum atomic E-state index is 11.2. The predicted molar refractivity (Wildman–Crippen MR) is 70.8 cm³/mol. The fourth-order valence-corrected chi connectivity index (χ4v) is 3.89. The molecule has 94 valence electrons. The summed E-state index contributed by atoms with van der Waals surface area (Å²) in [7, 11) is 0. The van der Waals surface area contributed by atoms with Crippen LogP contribution >= 0.6 is 27.3 Å². The van der Waals surface area contributed by atoms with E-state index >= 15 is 0 Å². The van der Waals surface area contributed by atoms with Crippen molar-refractivity contribution in [2.75, 3.05) is 0 Å². The van der Waals surface area contributed by atoms with Crippen molar-refractivity contribution in [2.45, 2.75) is 25.2 Å². The summed E-state index contributed by atoms with van der Waals surface area (Å²) in [5, 5.41) is 9.97. The number of rotatable bonds is 2. The summed E-state index contributed by atoms with van der Waals surface area (Å²) in [6.45, 7) is 0. The van der Waals surface area contributed by atoms with Crippen LogP contribution in [-0.4, -0.2) is 16.1 Å². The van der Waals surface area contributed by atoms with Crippen molar-refractivity contribution >= 4 is 33.2 Å². The number of nitrogens with zero attached hydrogens (tertiary/aromatic N) is 1. The van der Waals surface area contributed by atoms with Gasteiger partial charge in [-0.1, -0.05) is 0 Å². The third kappa shape index (κ3) is 1.89. The van der Waals surface area contributed by atoms with Gasteiger partial charge in [0.15, 0.2) is 10.8 Å². The van der Waals surface area contributed by atoms with Gasteiger partial charge in [0.05, 0.1) is 16.4 Å². The van der Waals surface area contributed by atoms with Gasteiger partial charge in [0, 0.05) is 4.88 Å². The maximum absolute atomic E-state index is 11.2. The van der Waals surface area contributed by atoms with Crippen LogP contribution in [0.3, 0.4) is 0 Å². The predicted octanol–water partition coefficient (Wildman–Crippen LogP) is 3.67. The third-order valence-electron chi connectivity index (χ3n) is 3.06. The number of furan rings is 1. The molecule has 0 spiro atoms. The molecule has 0 aromatic carbocycles. The highest BCUT2D eigenvalue weighted by Gasteiger charge is 2.30. The minimum absolute atomic E-state index is 0.465. The van der Waals surface area contributed by atoms with Crippen LogP contribution in [0.1, 0.15) is 29.3 Å². The van der Waals surface area contributed by atoms with E-state index in [0.717, 1.165) is 32.9 Å². The first kappa shape index (κ1) is 11.9. The second kappa shape index (κ2) is 4.51. The number of carboxylic acids is 1. The molecular weight excluding hydrogens is 318 g/mol. The van der Waals surface area contributed by atoms with Crippen LogP contribution in [0.15, 0.2) is 21.2 Å². The van der Waals surface area contributed by atoms with Crippen LogP contribution in [-0.2, 0) is 11.2 Å². The first-order valence-corrected chi connectivity index (χ1v) is 7.23. The number of hydrogen-bond donors (Lipinski definition) is 1. The molecule has 0 bridgehead atoms. The van der Waals surface area contributed by atoms with E-state index in [-0.39, 0.29) is 0 Å². The quantitative estimate of drug-likeness (QED) is 0.914. The Morgan fingerprint density at radius 1 is 1.61 bits per heavy atom. The van der Waals surface area contributed by atoms with E-state index in [4.69, 9.17) is 4.42 Å². The minimum Gasteiger partial charge on any atom is -0.481 e. The minimum atomic E-state index is -0.786. The number of aryl methyl sites for hydroxylation is 1. The van der Waals surface area contributed by atoms with Crippen LogP contribution < -0.4 is 0 Å². The van der Waals surface area contributed by atoms with Crippen molar-refractivity contribution in [3.63, 3.8) is 0 Å². The number of halogens is 1. The van der Waals surface area contributed by atoms with Crippen LogP contribution in [0.25, 0.3) is 10.8 Å². The molecule has 0 saturated heterocycles. The lowest BCUT2D eigenvalue weighted by Gasteiger charge is -2.16. The van der Waals surface area contributed by atoms with Gasteiger partial charge < -0.3 is 9.52 Å². The van der Waals surface area contributed by atoms with Crippen molar-refractivity contribution in [3.05, 3.63) is 27.4 Å². The lowest BCUT2D eigenvalue weighted by molar-refractivity contribution is -0.139. The zero-order valence-corrected chi connectivity index (χ0v) is 11.8. The van der Waals surface area contributed by atoms with Gasteiger partial charge in [0.2, 0.25) is 0 Å². The Balaban J connectivity index is 2.06. The molecule has 1 unspecified atom stereocenters. The molecule has 0 amide bonds. The molecule has 0 radical (unpaired) electrons. The summed E-state index contributed by atoms with van der Waals surface area (Å²) in [6.07, 6.45) is 4.08. The van der Waals surface area contributed by atoms with Gasteiger partial charge in [-0.2, -0.15) is 0 Å². The summed E-state index contributed by atoms with van der Waals surface area (Å²) in [5.41, 5.74) is 0.719. The van der Waals surface area contributed by atoms with Crippen LogP contribution in [0.5, 0.6) is 0 Å². The number of thiazole rings is 1. The van der Waals surface area contributed by atoms with Gasteiger partial charge in [-0.05, 0) is 41.3 Å². The zero-order valence-electron chi connectivity index (χ0n) is 9.35. The van der Waals surface area contributed by atoms with E-state index in [9.17, 15) is 9.90 Å². The normalized spacial score (nSPS) is 18.6. The molecule has 18 heavy (non-hydrogen) atoms. The van der Waals surface area contributed by atoms with Crippen LogP contribution in [0.4, 0.5) is 0 Å². The van der Waals surface area contributed by atoms with E-state index < -0.39 is 11.9 Å². The SMILES string of the molecule is O=C(O)C1CCCc2sc(-c3occc3Br)nc21. The number of aliphatic carboxylic acids is 1. The van der Waals surface area contributed by atoms with Crippen molar-refractivity contribution in [3.8, 4) is 10.8 Å². The summed E-state index contributed by atoms with van der Waals surface area (Å²) in [6, 6.07) is 1.81. The second-order valence-corrected chi connectivity index (χ2v) is 6.15. The molecule has 6 heteroatoms. The van der Waals surface area contributed by atoms with Gasteiger partial charge in [0.25, 0.3) is 0 Å². The average Bonchev–Trinajstić information content (AvgIpc) is 2.92. The maximum Gasteiger partial charge on any atom is 0.312 e. The summed E-state index contributed by atoms with van der Waals surface area (Å²) < 4.78 is 6.23. The van der Waals surface area contributed by atoms with Gasteiger partial charge in [-0.3, -0.25) is 4.79 Å². The molecule has 1 atom stereocenters. The Morgan fingerprint density at radius 3 is 3.11 bits per heavy atom. The lowest BCUT2D eigenvalue weighted by Crippen LogP contribution is -2.17. The Kier molecular flexibility index (Phi) is 2.99. The molecule has 0 saturated carbocycles. The van der Waals surface area contributed by atoms with Crippen molar-refractivity contribution in [1.82, 2.24) is 4.98 Å². The number of carbonyl (C=O) groups is 1. The second-order valence-electron chi connectivity index (χ2n) is 4.21. The molecule has 3 rings (SSSR count). The molecule has 1 aliphatic carbocycles. The number of carboxylic acid groups (broad SMARTS) is 1. The first-order valence-electron chi connectivity index (χ1n) is 5.62. The smallest absolute Gasteiger partial charge is 0.312 e. The Bertz CT molecular complexity index is 604. The fraction of sp³-hybridized carbons (Fsp3) is 0.333. The molecule has 1 N–H and O–H groups in total. The highest BCUT2D eigenvalue weighted by molar-refractivity contribution is 9.10. The fourth-order valence-electron chi connectivity index (χ4n) is 2.20. The molecule has 0 fully saturated rings. The molecule has 0 aliphatic heterocycles. The van der Waals surface area contributed by atoms with Gasteiger partial charge in [-0.15, -0.1) is 11.3 Å². The molecule has 2 heterocycles. The van der Waals surface area contributed by atoms with Gasteiger partial charge in [-0.25, -0.2) is 4.98 Å². The largest absolute Gasteiger partial charge is 0.481 e. The van der Waals surface area contributed by atoms with E-state index in [1.807, 2.05) is 6.07 Å². The average molecular weight is 328 g/mol. The highest BCUT2D eigenvalue weighted by atomic mass is 79.9. The van der Waals surface area contributed by atoms with Gasteiger partial charge >= 0.3 is 5.97 Å². The van der Waals surface area contributed by atoms with Crippen molar-refractivity contribution in [2.24, 2.45) is 0 Å². The Hall–Kier alpha value is -1.14. The van der Waals surface area contributed by atoms with Crippen molar-refractivity contribution < 1.29 is 14.3 Å². The van der Waals surface area contributed by atoms with E-state index in [1.165, 1.54) is 11.3 Å². The molecule has 1 aliphatic rings. The van der Waals surface area contributed by atoms with E-state index in [1.54, 1.807) is 6.26 Å². The summed E-state index contributed by atoms with van der Waals surface area (Å²) in [5.74, 6) is -0.572. The topological polar surface area (TPSA) is 63.3 Å². The first-order chi connectivity index (χ1) is 8.66. The van der Waals surface area contributed by atoms with E-state index in [0.29, 0.717) is 12.2 Å². The number of hydrogen-bond acceptors (Lipinski definition) is 4. The number of fused-ring (bicyclic) bond motifs is 1. The van der Waals surface area contributed by atoms with Crippen LogP contribution in [0.2, 0.25) is 0 Å².